The molecule has 2 heterocycles. The summed E-state index contributed by atoms with van der Waals surface area (Å²) < 4.78 is 2.14. The molecule has 1 N–H and O–H groups in total. The molecule has 1 atom stereocenters. The van der Waals surface area contributed by atoms with E-state index in [0.717, 1.165) is 28.1 Å². The van der Waals surface area contributed by atoms with Crippen molar-refractivity contribution in [3.8, 4) is 0 Å². The summed E-state index contributed by atoms with van der Waals surface area (Å²) in [4.78, 5) is 19.1. The molecule has 5 nitrogen and oxygen atoms in total. The van der Waals surface area contributed by atoms with Gasteiger partial charge < -0.3 is 14.6 Å². The summed E-state index contributed by atoms with van der Waals surface area (Å²) in [5, 5.41) is 13.4. The molecule has 0 radical (unpaired) electrons. The quantitative estimate of drug-likeness (QED) is 0.543. The zero-order valence-corrected chi connectivity index (χ0v) is 16.8. The molecule has 0 aliphatic carbocycles. The van der Waals surface area contributed by atoms with Crippen LogP contribution in [0.5, 0.6) is 0 Å². The molecule has 5 rings (SSSR count). The van der Waals surface area contributed by atoms with Gasteiger partial charge in [0.2, 0.25) is 5.91 Å². The van der Waals surface area contributed by atoms with Crippen LogP contribution in [0.25, 0.3) is 21.8 Å². The van der Waals surface area contributed by atoms with E-state index in [2.05, 4.69) is 33.8 Å². The second-order valence-electron chi connectivity index (χ2n) is 7.82. The summed E-state index contributed by atoms with van der Waals surface area (Å²) in [6.07, 6.45) is -0.462. The van der Waals surface area contributed by atoms with E-state index in [1.54, 1.807) is 4.90 Å². The number of rotatable bonds is 4. The van der Waals surface area contributed by atoms with Crippen LogP contribution in [0, 0.1) is 0 Å². The SMILES string of the molecule is CC1=Nc2ccccc2N(CC(O)Cn2c3ccccc3c3ccccc32)C(=O)C1. The van der Waals surface area contributed by atoms with E-state index in [1.807, 2.05) is 55.5 Å². The van der Waals surface area contributed by atoms with E-state index in [-0.39, 0.29) is 18.9 Å². The lowest BCUT2D eigenvalue weighted by Crippen LogP contribution is -2.39. The minimum absolute atomic E-state index is 0.0394. The Morgan fingerprint density at radius 3 is 2.20 bits per heavy atom. The first-order valence-electron chi connectivity index (χ1n) is 10.2. The van der Waals surface area contributed by atoms with Crippen LogP contribution in [0.15, 0.2) is 77.8 Å². The predicted octanol–water partition coefficient (Wildman–Crippen LogP) is 4.68. The van der Waals surface area contributed by atoms with Gasteiger partial charge in [0.1, 0.15) is 0 Å². The number of anilines is 1. The molecule has 5 heteroatoms. The maximum absolute atomic E-state index is 12.9. The number of carbonyl (C=O) groups excluding carboxylic acids is 1. The Balaban J connectivity index is 1.49. The summed E-state index contributed by atoms with van der Waals surface area (Å²) >= 11 is 0. The van der Waals surface area contributed by atoms with Gasteiger partial charge in [-0.15, -0.1) is 0 Å². The van der Waals surface area contributed by atoms with Gasteiger partial charge in [-0.2, -0.15) is 0 Å². The second kappa shape index (κ2) is 7.43. The highest BCUT2D eigenvalue weighted by Gasteiger charge is 2.25. The summed E-state index contributed by atoms with van der Waals surface area (Å²) in [6.45, 7) is 2.49. The summed E-state index contributed by atoms with van der Waals surface area (Å²) in [6, 6.07) is 24.1. The fourth-order valence-electron chi connectivity index (χ4n) is 4.36. The molecule has 3 aromatic carbocycles. The summed E-state index contributed by atoms with van der Waals surface area (Å²) in [5.74, 6) is -0.0394. The van der Waals surface area contributed by atoms with Gasteiger partial charge in [-0.05, 0) is 31.2 Å². The van der Waals surface area contributed by atoms with Crippen LogP contribution in [0.3, 0.4) is 0 Å². The van der Waals surface area contributed by atoms with Crippen molar-refractivity contribution in [3.63, 3.8) is 0 Å². The number of amides is 1. The number of aromatic nitrogens is 1. The predicted molar refractivity (Wildman–Crippen MR) is 122 cm³/mol. The van der Waals surface area contributed by atoms with Gasteiger partial charge in [0.25, 0.3) is 0 Å². The molecule has 4 aromatic rings. The van der Waals surface area contributed by atoms with Crippen LogP contribution < -0.4 is 4.90 Å². The van der Waals surface area contributed by atoms with Crippen molar-refractivity contribution >= 4 is 44.8 Å². The molecule has 0 spiro atoms. The molecular formula is C25H23N3O2. The molecule has 0 saturated heterocycles. The number of hydrogen-bond donors (Lipinski definition) is 1. The van der Waals surface area contributed by atoms with Crippen molar-refractivity contribution in [1.82, 2.24) is 4.57 Å². The first kappa shape index (κ1) is 18.6. The Morgan fingerprint density at radius 2 is 1.50 bits per heavy atom. The Kier molecular flexibility index (Phi) is 4.60. The van der Waals surface area contributed by atoms with E-state index in [0.29, 0.717) is 6.54 Å². The van der Waals surface area contributed by atoms with E-state index in [9.17, 15) is 9.90 Å². The van der Waals surface area contributed by atoms with Crippen LogP contribution in [0.4, 0.5) is 11.4 Å². The average Bonchev–Trinajstić information content (AvgIpc) is 3.00. The number of aliphatic hydroxyl groups excluding tert-OH is 1. The number of para-hydroxylation sites is 4. The number of fused-ring (bicyclic) bond motifs is 4. The Hall–Kier alpha value is -3.44. The topological polar surface area (TPSA) is 57.8 Å². The maximum atomic E-state index is 12.9. The van der Waals surface area contributed by atoms with E-state index in [1.165, 1.54) is 10.8 Å². The van der Waals surface area contributed by atoms with Crippen molar-refractivity contribution < 1.29 is 9.90 Å². The summed E-state index contributed by atoms with van der Waals surface area (Å²) in [7, 11) is 0. The highest BCUT2D eigenvalue weighted by molar-refractivity contribution is 6.11. The lowest BCUT2D eigenvalue weighted by atomic mass is 10.2. The number of β-amino-alcohol motifs (C(OH)–C–C–N with tert-alkyl or cyclic N) is 1. The highest BCUT2D eigenvalue weighted by atomic mass is 16.3. The molecule has 1 amide bonds. The number of hydrogen-bond acceptors (Lipinski definition) is 3. The van der Waals surface area contributed by atoms with Crippen molar-refractivity contribution in [3.05, 3.63) is 72.8 Å². The van der Waals surface area contributed by atoms with Crippen LogP contribution in [-0.2, 0) is 11.3 Å². The first-order chi connectivity index (χ1) is 14.6. The van der Waals surface area contributed by atoms with Gasteiger partial charge in [-0.25, -0.2) is 0 Å². The van der Waals surface area contributed by atoms with E-state index >= 15 is 0 Å². The second-order valence-corrected chi connectivity index (χ2v) is 7.82. The normalized spacial score (nSPS) is 15.2. The molecular weight excluding hydrogens is 374 g/mol. The first-order valence-corrected chi connectivity index (χ1v) is 10.2. The standard InChI is InChI=1S/C25H23N3O2/c1-17-14-25(30)28(24-13-7-4-10-21(24)26-17)16-18(29)15-27-22-11-5-2-8-19(22)20-9-3-6-12-23(20)27/h2-13,18,29H,14-16H2,1H3. The largest absolute Gasteiger partial charge is 0.389 e. The van der Waals surface area contributed by atoms with Crippen molar-refractivity contribution in [2.24, 2.45) is 4.99 Å². The fourth-order valence-corrected chi connectivity index (χ4v) is 4.36. The maximum Gasteiger partial charge on any atom is 0.232 e. The van der Waals surface area contributed by atoms with Crippen LogP contribution >= 0.6 is 0 Å². The molecule has 1 aliphatic heterocycles. The highest BCUT2D eigenvalue weighted by Crippen LogP contribution is 2.33. The van der Waals surface area contributed by atoms with Gasteiger partial charge >= 0.3 is 0 Å². The Labute approximate surface area is 174 Å². The Bertz CT molecular complexity index is 1230. The van der Waals surface area contributed by atoms with Gasteiger partial charge in [-0.3, -0.25) is 9.79 Å². The molecule has 0 bridgehead atoms. The number of benzene rings is 3. The van der Waals surface area contributed by atoms with Gasteiger partial charge in [0, 0.05) is 27.5 Å². The lowest BCUT2D eigenvalue weighted by Gasteiger charge is -2.25. The van der Waals surface area contributed by atoms with Crippen LogP contribution in [-0.4, -0.2) is 33.9 Å². The van der Waals surface area contributed by atoms with Crippen molar-refractivity contribution in [2.75, 3.05) is 11.4 Å². The van der Waals surface area contributed by atoms with Crippen LogP contribution in [0.2, 0.25) is 0 Å². The zero-order chi connectivity index (χ0) is 20.7. The van der Waals surface area contributed by atoms with Gasteiger partial charge in [0.15, 0.2) is 0 Å². The molecule has 30 heavy (non-hydrogen) atoms. The molecule has 0 fully saturated rings. The number of carbonyl (C=O) groups is 1. The minimum atomic E-state index is -0.723. The van der Waals surface area contributed by atoms with Gasteiger partial charge in [-0.1, -0.05) is 48.5 Å². The molecule has 1 aromatic heterocycles. The molecule has 1 aliphatic rings. The monoisotopic (exact) mass is 397 g/mol. The zero-order valence-electron chi connectivity index (χ0n) is 16.8. The Morgan fingerprint density at radius 1 is 0.900 bits per heavy atom. The van der Waals surface area contributed by atoms with Crippen molar-refractivity contribution in [2.45, 2.75) is 26.0 Å². The fraction of sp³-hybridized carbons (Fsp3) is 0.200. The van der Waals surface area contributed by atoms with Gasteiger partial charge in [0.05, 0.1) is 37.0 Å². The molecule has 1 unspecified atom stereocenters. The van der Waals surface area contributed by atoms with Crippen LogP contribution in [0.1, 0.15) is 13.3 Å². The average molecular weight is 397 g/mol. The number of aliphatic hydroxyl groups is 1. The third kappa shape index (κ3) is 3.17. The molecule has 150 valence electrons. The summed E-state index contributed by atoms with van der Waals surface area (Å²) in [5.41, 5.74) is 4.47. The van der Waals surface area contributed by atoms with E-state index in [4.69, 9.17) is 0 Å². The van der Waals surface area contributed by atoms with E-state index < -0.39 is 6.10 Å². The van der Waals surface area contributed by atoms with Crippen molar-refractivity contribution in [1.29, 1.82) is 0 Å². The third-order valence-corrected chi connectivity index (χ3v) is 5.66. The number of nitrogens with zero attached hydrogens (tertiary/aromatic N) is 3. The number of aliphatic imine (C=N–C) groups is 1. The third-order valence-electron chi connectivity index (χ3n) is 5.66. The lowest BCUT2D eigenvalue weighted by molar-refractivity contribution is -0.117. The molecule has 0 saturated carbocycles. The smallest absolute Gasteiger partial charge is 0.232 e. The minimum Gasteiger partial charge on any atom is -0.389 e.